The van der Waals surface area contributed by atoms with Crippen molar-refractivity contribution >= 4 is 11.8 Å². The fraction of sp³-hybridized carbons (Fsp3) is 0.833. The van der Waals surface area contributed by atoms with Crippen molar-refractivity contribution in [3.05, 3.63) is 11.0 Å². The van der Waals surface area contributed by atoms with E-state index in [0.29, 0.717) is 5.41 Å². The smallest absolute Gasteiger partial charge is 0.0159 e. The lowest BCUT2D eigenvalue weighted by Crippen LogP contribution is -2.19. The molecule has 0 aromatic rings. The van der Waals surface area contributed by atoms with Gasteiger partial charge in [0.1, 0.15) is 0 Å². The van der Waals surface area contributed by atoms with Gasteiger partial charge < -0.3 is 0 Å². The topological polar surface area (TPSA) is 0 Å². The number of hydrogen-bond donors (Lipinski definition) is 0. The van der Waals surface area contributed by atoms with E-state index in [1.807, 2.05) is 0 Å². The average Bonchev–Trinajstić information content (AvgIpc) is 2.31. The maximum absolute atomic E-state index is 2.43. The summed E-state index contributed by atoms with van der Waals surface area (Å²) in [5, 5.41) is 3.30. The molecular weight excluding hydrogens is 176 g/mol. The Bertz CT molecular complexity index is 227. The van der Waals surface area contributed by atoms with Crippen molar-refractivity contribution in [3.8, 4) is 0 Å². The van der Waals surface area contributed by atoms with Gasteiger partial charge in [0.15, 0.2) is 0 Å². The largest absolute Gasteiger partial charge is 0.130 e. The van der Waals surface area contributed by atoms with Gasteiger partial charge in [0, 0.05) is 5.25 Å². The monoisotopic (exact) mass is 196 g/mol. The zero-order chi connectivity index (χ0) is 9.47. The second-order valence-corrected chi connectivity index (χ2v) is 6.52. The maximum atomic E-state index is 2.43. The quantitative estimate of drug-likeness (QED) is 0.559. The third-order valence-corrected chi connectivity index (χ3v) is 4.94. The summed E-state index contributed by atoms with van der Waals surface area (Å²) in [7, 11) is 0. The summed E-state index contributed by atoms with van der Waals surface area (Å²) in [4.78, 5) is 0. The van der Waals surface area contributed by atoms with E-state index >= 15 is 0 Å². The van der Waals surface area contributed by atoms with Gasteiger partial charge in [0.2, 0.25) is 0 Å². The Morgan fingerprint density at radius 1 is 1.46 bits per heavy atom. The van der Waals surface area contributed by atoms with Crippen LogP contribution in [-0.2, 0) is 0 Å². The van der Waals surface area contributed by atoms with E-state index in [4.69, 9.17) is 0 Å². The minimum atomic E-state index is 0.588. The van der Waals surface area contributed by atoms with Crippen molar-refractivity contribution in [2.24, 2.45) is 11.3 Å². The predicted molar refractivity (Wildman–Crippen MR) is 60.9 cm³/mol. The number of fused-ring (bicyclic) bond motifs is 1. The van der Waals surface area contributed by atoms with Crippen molar-refractivity contribution in [1.29, 1.82) is 0 Å². The molecule has 1 saturated carbocycles. The molecule has 74 valence electrons. The van der Waals surface area contributed by atoms with Crippen molar-refractivity contribution in [2.45, 2.75) is 51.7 Å². The van der Waals surface area contributed by atoms with Crippen LogP contribution >= 0.6 is 11.8 Å². The fourth-order valence-corrected chi connectivity index (χ4v) is 4.37. The summed E-state index contributed by atoms with van der Waals surface area (Å²) >= 11 is 2.09. The summed E-state index contributed by atoms with van der Waals surface area (Å²) in [6.07, 6.45) is 5.70. The van der Waals surface area contributed by atoms with Crippen molar-refractivity contribution in [3.63, 3.8) is 0 Å². The number of allylic oxidation sites excluding steroid dienone is 1. The Morgan fingerprint density at radius 3 is 3.00 bits per heavy atom. The van der Waals surface area contributed by atoms with Gasteiger partial charge in [-0.25, -0.2) is 0 Å². The second kappa shape index (κ2) is 3.34. The first-order valence-electron chi connectivity index (χ1n) is 5.41. The van der Waals surface area contributed by atoms with Gasteiger partial charge in [-0.05, 0) is 42.9 Å². The second-order valence-electron chi connectivity index (χ2n) is 5.40. The van der Waals surface area contributed by atoms with Crippen LogP contribution in [0.25, 0.3) is 0 Å². The van der Waals surface area contributed by atoms with Crippen LogP contribution in [0.1, 0.15) is 46.5 Å². The lowest BCUT2D eigenvalue weighted by Gasteiger charge is -2.26. The molecular formula is C12H20S. The first-order chi connectivity index (χ1) is 6.08. The molecule has 1 heterocycles. The minimum absolute atomic E-state index is 0.588. The van der Waals surface area contributed by atoms with Crippen LogP contribution in [0.5, 0.6) is 0 Å². The summed E-state index contributed by atoms with van der Waals surface area (Å²) in [5.74, 6) is 0.909. The third-order valence-electron chi connectivity index (χ3n) is 3.58. The molecule has 0 nitrogen and oxygen atoms in total. The van der Waals surface area contributed by atoms with Gasteiger partial charge in [-0.3, -0.25) is 0 Å². The zero-order valence-corrected chi connectivity index (χ0v) is 9.79. The fourth-order valence-electron chi connectivity index (χ4n) is 2.72. The van der Waals surface area contributed by atoms with Crippen LogP contribution in [0.2, 0.25) is 0 Å². The SMILES string of the molecule is CC1=CSC2CC(C)(C)CCCC12. The molecule has 0 spiro atoms. The Morgan fingerprint density at radius 2 is 2.23 bits per heavy atom. The lowest BCUT2D eigenvalue weighted by molar-refractivity contribution is 0.316. The van der Waals surface area contributed by atoms with Gasteiger partial charge in [-0.15, -0.1) is 11.8 Å². The van der Waals surface area contributed by atoms with E-state index < -0.39 is 0 Å². The summed E-state index contributed by atoms with van der Waals surface area (Å²) < 4.78 is 0. The van der Waals surface area contributed by atoms with Crippen LogP contribution in [0.3, 0.4) is 0 Å². The van der Waals surface area contributed by atoms with Crippen LogP contribution in [0.15, 0.2) is 11.0 Å². The van der Waals surface area contributed by atoms with Gasteiger partial charge in [-0.2, -0.15) is 0 Å². The van der Waals surface area contributed by atoms with Crippen molar-refractivity contribution in [1.82, 2.24) is 0 Å². The molecule has 2 rings (SSSR count). The molecule has 2 unspecified atom stereocenters. The average molecular weight is 196 g/mol. The molecule has 0 saturated heterocycles. The number of hydrogen-bond acceptors (Lipinski definition) is 1. The summed E-state index contributed by atoms with van der Waals surface area (Å²) in [5.41, 5.74) is 2.23. The highest BCUT2D eigenvalue weighted by Gasteiger charge is 2.35. The van der Waals surface area contributed by atoms with Gasteiger partial charge >= 0.3 is 0 Å². The van der Waals surface area contributed by atoms with E-state index in [1.165, 1.54) is 25.7 Å². The molecule has 0 amide bonds. The van der Waals surface area contributed by atoms with Gasteiger partial charge in [-0.1, -0.05) is 25.8 Å². The molecule has 0 bridgehead atoms. The molecule has 1 aliphatic carbocycles. The van der Waals surface area contributed by atoms with E-state index in [2.05, 4.69) is 37.9 Å². The Hall–Kier alpha value is 0.0900. The highest BCUT2D eigenvalue weighted by atomic mass is 32.2. The Balaban J connectivity index is 2.11. The molecule has 0 aromatic carbocycles. The summed E-state index contributed by atoms with van der Waals surface area (Å²) in [6.45, 7) is 7.18. The van der Waals surface area contributed by atoms with Crippen LogP contribution < -0.4 is 0 Å². The van der Waals surface area contributed by atoms with Crippen LogP contribution in [-0.4, -0.2) is 5.25 Å². The molecule has 0 radical (unpaired) electrons. The van der Waals surface area contributed by atoms with Crippen LogP contribution in [0, 0.1) is 11.3 Å². The van der Waals surface area contributed by atoms with Crippen molar-refractivity contribution in [2.75, 3.05) is 0 Å². The van der Waals surface area contributed by atoms with E-state index in [0.717, 1.165) is 11.2 Å². The molecule has 2 atom stereocenters. The van der Waals surface area contributed by atoms with E-state index in [-0.39, 0.29) is 0 Å². The predicted octanol–water partition coefficient (Wildman–Crippen LogP) is 4.22. The highest BCUT2D eigenvalue weighted by Crippen LogP contribution is 2.48. The maximum Gasteiger partial charge on any atom is 0.0159 e. The molecule has 0 N–H and O–H groups in total. The molecule has 1 fully saturated rings. The normalized spacial score (nSPS) is 37.9. The molecule has 1 aliphatic heterocycles. The first-order valence-corrected chi connectivity index (χ1v) is 6.35. The number of thioether (sulfide) groups is 1. The zero-order valence-electron chi connectivity index (χ0n) is 8.97. The molecule has 2 aliphatic rings. The Kier molecular flexibility index (Phi) is 2.48. The Labute approximate surface area is 86.2 Å². The minimum Gasteiger partial charge on any atom is -0.130 e. The van der Waals surface area contributed by atoms with Crippen molar-refractivity contribution < 1.29 is 0 Å². The summed E-state index contributed by atoms with van der Waals surface area (Å²) in [6, 6.07) is 0. The van der Waals surface area contributed by atoms with E-state index in [1.54, 1.807) is 5.57 Å². The third kappa shape index (κ3) is 1.96. The lowest BCUT2D eigenvalue weighted by atomic mass is 9.84. The van der Waals surface area contributed by atoms with Gasteiger partial charge in [0.05, 0.1) is 0 Å². The standard InChI is InChI=1S/C12H20S/c1-9-8-13-11-7-12(2,3)6-4-5-10(9)11/h8,10-11H,4-7H2,1-3H3. The first kappa shape index (κ1) is 9.64. The van der Waals surface area contributed by atoms with Crippen LogP contribution in [0.4, 0.5) is 0 Å². The number of rotatable bonds is 0. The molecule has 13 heavy (non-hydrogen) atoms. The van der Waals surface area contributed by atoms with E-state index in [9.17, 15) is 0 Å². The molecule has 0 aromatic heterocycles. The molecule has 1 heteroatoms. The van der Waals surface area contributed by atoms with Gasteiger partial charge in [0.25, 0.3) is 0 Å². The highest BCUT2D eigenvalue weighted by molar-refractivity contribution is 8.03.